The number of para-hydroxylation sites is 1. The first-order chi connectivity index (χ1) is 9.26. The molecule has 0 aromatic heterocycles. The Morgan fingerprint density at radius 2 is 1.75 bits per heavy atom. The maximum Gasteiger partial charge on any atom is 0.242 e. The second-order valence-electron chi connectivity index (χ2n) is 4.19. The number of nitrogens with one attached hydrogen (secondary N) is 2. The number of primary sulfonamides is 1. The van der Waals surface area contributed by atoms with E-state index in [4.69, 9.17) is 5.14 Å². The number of nitrogens with two attached hydrogens (primary N) is 1. The Kier molecular flexibility index (Phi) is 5.93. The van der Waals surface area contributed by atoms with Crippen molar-refractivity contribution < 1.29 is 16.8 Å². The highest BCUT2D eigenvalue weighted by Crippen LogP contribution is 2.20. The van der Waals surface area contributed by atoms with Crippen LogP contribution in [0.2, 0.25) is 0 Å². The molecule has 9 heteroatoms. The van der Waals surface area contributed by atoms with Crippen molar-refractivity contribution in [3.05, 3.63) is 24.3 Å². The highest BCUT2D eigenvalue weighted by Gasteiger charge is 2.17. The van der Waals surface area contributed by atoms with Gasteiger partial charge in [-0.25, -0.2) is 26.7 Å². The monoisotopic (exact) mass is 321 g/mol. The minimum atomic E-state index is -3.61. The van der Waals surface area contributed by atoms with Gasteiger partial charge in [-0.3, -0.25) is 0 Å². The van der Waals surface area contributed by atoms with Crippen molar-refractivity contribution in [3.8, 4) is 0 Å². The van der Waals surface area contributed by atoms with Crippen LogP contribution in [0.1, 0.15) is 13.3 Å². The van der Waals surface area contributed by atoms with Crippen LogP contribution in [0.15, 0.2) is 29.2 Å². The molecule has 0 amide bonds. The molecule has 0 aliphatic heterocycles. The zero-order valence-corrected chi connectivity index (χ0v) is 12.8. The molecule has 0 atom stereocenters. The lowest BCUT2D eigenvalue weighted by Crippen LogP contribution is -2.26. The molecule has 0 saturated heterocycles. The van der Waals surface area contributed by atoms with E-state index in [1.807, 2.05) is 6.92 Å². The Morgan fingerprint density at radius 1 is 1.10 bits per heavy atom. The van der Waals surface area contributed by atoms with Crippen molar-refractivity contribution in [3.63, 3.8) is 0 Å². The topological polar surface area (TPSA) is 118 Å². The number of rotatable bonds is 8. The van der Waals surface area contributed by atoms with Crippen LogP contribution >= 0.6 is 0 Å². The van der Waals surface area contributed by atoms with Crippen molar-refractivity contribution in [1.29, 1.82) is 0 Å². The molecule has 4 N–H and O–H groups in total. The first-order valence-corrected chi connectivity index (χ1v) is 9.29. The smallest absolute Gasteiger partial charge is 0.242 e. The largest absolute Gasteiger partial charge is 0.383 e. The summed E-state index contributed by atoms with van der Waals surface area (Å²) in [6.07, 6.45) is 0.681. The average molecular weight is 321 g/mol. The molecule has 0 saturated carbocycles. The van der Waals surface area contributed by atoms with E-state index in [9.17, 15) is 16.8 Å². The Hall–Kier alpha value is -1.16. The third kappa shape index (κ3) is 5.45. The molecule has 0 heterocycles. The molecule has 114 valence electrons. The Bertz CT molecular complexity index is 641. The Labute approximate surface area is 119 Å². The lowest BCUT2D eigenvalue weighted by atomic mass is 10.3. The maximum absolute atomic E-state index is 12.1. The van der Waals surface area contributed by atoms with Crippen molar-refractivity contribution in [1.82, 2.24) is 4.72 Å². The second-order valence-corrected chi connectivity index (χ2v) is 7.66. The lowest BCUT2D eigenvalue weighted by molar-refractivity contribution is 0.581. The normalized spacial score (nSPS) is 12.3. The second kappa shape index (κ2) is 7.02. The maximum atomic E-state index is 12.1. The van der Waals surface area contributed by atoms with Crippen molar-refractivity contribution >= 4 is 25.7 Å². The summed E-state index contributed by atoms with van der Waals surface area (Å²) < 4.78 is 48.3. The summed E-state index contributed by atoms with van der Waals surface area (Å²) in [5.74, 6) is -0.274. The summed E-state index contributed by atoms with van der Waals surface area (Å²) >= 11 is 0. The van der Waals surface area contributed by atoms with Gasteiger partial charge in [0.25, 0.3) is 0 Å². The quantitative estimate of drug-likeness (QED) is 0.626. The molecule has 7 nitrogen and oxygen atoms in total. The zero-order valence-electron chi connectivity index (χ0n) is 11.2. The van der Waals surface area contributed by atoms with Crippen LogP contribution in [0.25, 0.3) is 0 Å². The fraction of sp³-hybridized carbons (Fsp3) is 0.455. The van der Waals surface area contributed by atoms with E-state index in [1.165, 1.54) is 6.07 Å². The average Bonchev–Trinajstić information content (AvgIpc) is 2.35. The molecule has 0 aliphatic carbocycles. The summed E-state index contributed by atoms with van der Waals surface area (Å²) in [4.78, 5) is 0.0860. The molecule has 0 aliphatic rings. The van der Waals surface area contributed by atoms with Gasteiger partial charge in [0.1, 0.15) is 4.90 Å². The minimum absolute atomic E-state index is 0.0408. The van der Waals surface area contributed by atoms with Gasteiger partial charge in [-0.1, -0.05) is 19.1 Å². The number of sulfonamides is 2. The van der Waals surface area contributed by atoms with Crippen LogP contribution in [0, 0.1) is 0 Å². The van der Waals surface area contributed by atoms with E-state index >= 15 is 0 Å². The molecule has 0 unspecified atom stereocenters. The molecule has 1 aromatic carbocycles. The van der Waals surface area contributed by atoms with E-state index in [0.717, 1.165) is 0 Å². The van der Waals surface area contributed by atoms with Crippen LogP contribution in [-0.4, -0.2) is 35.7 Å². The van der Waals surface area contributed by atoms with E-state index in [0.29, 0.717) is 18.7 Å². The third-order valence-corrected chi connectivity index (χ3v) is 4.71. The summed E-state index contributed by atoms with van der Waals surface area (Å²) in [5, 5.41) is 7.66. The first kappa shape index (κ1) is 16.9. The van der Waals surface area contributed by atoms with Crippen LogP contribution < -0.4 is 15.2 Å². The van der Waals surface area contributed by atoms with E-state index in [1.54, 1.807) is 18.2 Å². The first-order valence-electron chi connectivity index (χ1n) is 6.09. The highest BCUT2D eigenvalue weighted by molar-refractivity contribution is 7.89. The fourth-order valence-electron chi connectivity index (χ4n) is 1.49. The van der Waals surface area contributed by atoms with Gasteiger partial charge in [0.2, 0.25) is 20.0 Å². The SMILES string of the molecule is CCCNS(=O)(=O)c1ccccc1NCCS(N)(=O)=O. The molecular formula is C11H19N3O4S2. The van der Waals surface area contributed by atoms with Crippen molar-refractivity contribution in [2.45, 2.75) is 18.2 Å². The lowest BCUT2D eigenvalue weighted by Gasteiger charge is -2.12. The number of hydrogen-bond donors (Lipinski definition) is 3. The molecule has 0 fully saturated rings. The van der Waals surface area contributed by atoms with Crippen LogP contribution in [0.4, 0.5) is 5.69 Å². The third-order valence-electron chi connectivity index (χ3n) is 2.42. The molecule has 20 heavy (non-hydrogen) atoms. The van der Waals surface area contributed by atoms with E-state index < -0.39 is 20.0 Å². The molecule has 0 bridgehead atoms. The standard InChI is InChI=1S/C11H19N3O4S2/c1-2-7-14-20(17,18)11-6-4-3-5-10(11)13-8-9-19(12,15)16/h3-6,13-14H,2,7-9H2,1H3,(H2,12,15,16). The number of anilines is 1. The fourth-order valence-corrected chi connectivity index (χ4v) is 3.19. The molecule has 1 rings (SSSR count). The summed E-state index contributed by atoms with van der Waals surface area (Å²) in [6.45, 7) is 2.24. The van der Waals surface area contributed by atoms with Gasteiger partial charge in [0.05, 0.1) is 11.4 Å². The Balaban J connectivity index is 2.88. The van der Waals surface area contributed by atoms with Crippen molar-refractivity contribution in [2.75, 3.05) is 24.2 Å². The molecule has 0 spiro atoms. The summed E-state index contributed by atoms with van der Waals surface area (Å²) in [6, 6.07) is 6.30. The van der Waals surface area contributed by atoms with Crippen LogP contribution in [0.3, 0.4) is 0 Å². The predicted octanol–water partition coefficient (Wildman–Crippen LogP) is 0.0753. The van der Waals surface area contributed by atoms with Gasteiger partial charge in [0.15, 0.2) is 0 Å². The molecule has 1 aromatic rings. The van der Waals surface area contributed by atoms with Gasteiger partial charge in [-0.15, -0.1) is 0 Å². The summed E-state index contributed by atoms with van der Waals surface area (Å²) in [5.41, 5.74) is 0.347. The predicted molar refractivity (Wildman–Crippen MR) is 78.4 cm³/mol. The van der Waals surface area contributed by atoms with Gasteiger partial charge in [-0.2, -0.15) is 0 Å². The zero-order chi connectivity index (χ0) is 15.2. The van der Waals surface area contributed by atoms with Gasteiger partial charge >= 0.3 is 0 Å². The van der Waals surface area contributed by atoms with Gasteiger partial charge in [0, 0.05) is 13.1 Å². The van der Waals surface area contributed by atoms with E-state index in [2.05, 4.69) is 10.0 Å². The highest BCUT2D eigenvalue weighted by atomic mass is 32.2. The minimum Gasteiger partial charge on any atom is -0.383 e. The van der Waals surface area contributed by atoms with Crippen LogP contribution in [0.5, 0.6) is 0 Å². The number of benzene rings is 1. The molecule has 0 radical (unpaired) electrons. The van der Waals surface area contributed by atoms with Gasteiger partial charge in [-0.05, 0) is 18.6 Å². The molecular weight excluding hydrogens is 302 g/mol. The Morgan fingerprint density at radius 3 is 2.35 bits per heavy atom. The van der Waals surface area contributed by atoms with Crippen LogP contribution in [-0.2, 0) is 20.0 Å². The number of hydrogen-bond acceptors (Lipinski definition) is 5. The van der Waals surface area contributed by atoms with Crippen molar-refractivity contribution in [2.24, 2.45) is 5.14 Å². The van der Waals surface area contributed by atoms with E-state index in [-0.39, 0.29) is 17.2 Å². The van der Waals surface area contributed by atoms with Gasteiger partial charge < -0.3 is 5.32 Å². The summed E-state index contributed by atoms with van der Waals surface area (Å²) in [7, 11) is -7.20.